The van der Waals surface area contributed by atoms with Gasteiger partial charge in [0.1, 0.15) is 24.2 Å². The van der Waals surface area contributed by atoms with Crippen LogP contribution in [0.5, 0.6) is 0 Å². The van der Waals surface area contributed by atoms with Crippen LogP contribution in [0.2, 0.25) is 0 Å². The van der Waals surface area contributed by atoms with Crippen molar-refractivity contribution >= 4 is 23.2 Å². The zero-order valence-electron chi connectivity index (χ0n) is 12.2. The number of carbonyl (C=O) groups excluding carboxylic acids is 3. The molecule has 6 heteroatoms. The van der Waals surface area contributed by atoms with Gasteiger partial charge in [-0.25, -0.2) is 0 Å². The van der Waals surface area contributed by atoms with E-state index in [9.17, 15) is 14.4 Å². The fourth-order valence-electron chi connectivity index (χ4n) is 2.31. The van der Waals surface area contributed by atoms with E-state index in [4.69, 9.17) is 4.84 Å². The Labute approximate surface area is 118 Å². The van der Waals surface area contributed by atoms with Crippen molar-refractivity contribution in [3.05, 3.63) is 0 Å². The molecule has 2 unspecified atom stereocenters. The smallest absolute Gasteiger partial charge is 0.316 e. The van der Waals surface area contributed by atoms with E-state index < -0.39 is 23.6 Å². The molecule has 0 aliphatic heterocycles. The van der Waals surface area contributed by atoms with Gasteiger partial charge >= 0.3 is 5.97 Å². The van der Waals surface area contributed by atoms with Crippen molar-refractivity contribution in [3.63, 3.8) is 0 Å². The van der Waals surface area contributed by atoms with Crippen LogP contribution in [-0.2, 0) is 24.0 Å². The maximum atomic E-state index is 12.4. The average Bonchev–Trinajstić information content (AvgIpc) is 2.44. The lowest BCUT2D eigenvalue weighted by Gasteiger charge is -2.25. The van der Waals surface area contributed by atoms with Gasteiger partial charge in [-0.15, -0.1) is 0 Å². The number of esters is 1. The monoisotopic (exact) mass is 283 g/mol. The molecule has 0 aromatic carbocycles. The highest BCUT2D eigenvalue weighted by Gasteiger charge is 2.43. The highest BCUT2D eigenvalue weighted by molar-refractivity contribution is 6.25. The van der Waals surface area contributed by atoms with Crippen LogP contribution in [0.3, 0.4) is 0 Å². The standard InChI is InChI=1S/C14H21NO5/c1-4-6-10(15-20-5-2)12-11(16)8-7-9(13(12)17)14(18)19-3/h9,12H,4-8H2,1-3H3/b15-10+. The minimum Gasteiger partial charge on any atom is -0.468 e. The molecule has 0 heterocycles. The van der Waals surface area contributed by atoms with Gasteiger partial charge in [0.05, 0.1) is 12.8 Å². The normalized spacial score (nSPS) is 23.6. The summed E-state index contributed by atoms with van der Waals surface area (Å²) in [5, 5.41) is 3.90. The third-order valence-corrected chi connectivity index (χ3v) is 3.27. The fraction of sp³-hybridized carbons (Fsp3) is 0.714. The lowest BCUT2D eigenvalue weighted by Crippen LogP contribution is -2.43. The number of methoxy groups -OCH3 is 1. The van der Waals surface area contributed by atoms with Gasteiger partial charge in [0.2, 0.25) is 0 Å². The maximum Gasteiger partial charge on any atom is 0.316 e. The van der Waals surface area contributed by atoms with Crippen LogP contribution in [0.15, 0.2) is 5.16 Å². The third-order valence-electron chi connectivity index (χ3n) is 3.27. The lowest BCUT2D eigenvalue weighted by molar-refractivity contribution is -0.152. The second-order valence-corrected chi connectivity index (χ2v) is 4.67. The highest BCUT2D eigenvalue weighted by Crippen LogP contribution is 2.26. The van der Waals surface area contributed by atoms with Crippen LogP contribution in [0, 0.1) is 11.8 Å². The van der Waals surface area contributed by atoms with Crippen LogP contribution in [-0.4, -0.2) is 37.0 Å². The number of hydrogen-bond acceptors (Lipinski definition) is 6. The molecule has 0 amide bonds. The SMILES string of the molecule is CCC/C(=N\OCC)C1C(=O)CCC(C(=O)OC)C1=O. The first kappa shape index (κ1) is 16.3. The summed E-state index contributed by atoms with van der Waals surface area (Å²) in [7, 11) is 1.24. The minimum absolute atomic E-state index is 0.186. The van der Waals surface area contributed by atoms with Gasteiger partial charge < -0.3 is 9.57 Å². The molecule has 20 heavy (non-hydrogen) atoms. The number of ketones is 2. The molecule has 2 atom stereocenters. The Bertz CT molecular complexity index is 416. The van der Waals surface area contributed by atoms with Crippen LogP contribution in [0.25, 0.3) is 0 Å². The Morgan fingerprint density at radius 3 is 2.60 bits per heavy atom. The van der Waals surface area contributed by atoms with Crippen LogP contribution in [0.4, 0.5) is 0 Å². The second-order valence-electron chi connectivity index (χ2n) is 4.67. The average molecular weight is 283 g/mol. The van der Waals surface area contributed by atoms with Gasteiger partial charge in [-0.1, -0.05) is 18.5 Å². The summed E-state index contributed by atoms with van der Waals surface area (Å²) >= 11 is 0. The molecule has 0 radical (unpaired) electrons. The van der Waals surface area contributed by atoms with Gasteiger partial charge in [-0.05, 0) is 19.8 Å². The molecule has 1 aliphatic rings. The molecule has 6 nitrogen and oxygen atoms in total. The summed E-state index contributed by atoms with van der Waals surface area (Å²) < 4.78 is 4.62. The number of oxime groups is 1. The number of carbonyl (C=O) groups is 3. The first-order valence-electron chi connectivity index (χ1n) is 6.89. The number of nitrogens with zero attached hydrogens (tertiary/aromatic N) is 1. The molecular formula is C14H21NO5. The van der Waals surface area contributed by atoms with E-state index in [0.717, 1.165) is 6.42 Å². The Balaban J connectivity index is 3.00. The van der Waals surface area contributed by atoms with Crippen LogP contribution in [0.1, 0.15) is 39.5 Å². The minimum atomic E-state index is -0.959. The zero-order chi connectivity index (χ0) is 15.1. The molecule has 0 saturated heterocycles. The summed E-state index contributed by atoms with van der Waals surface area (Å²) in [6.07, 6.45) is 1.64. The van der Waals surface area contributed by atoms with Crippen molar-refractivity contribution < 1.29 is 24.0 Å². The number of hydrogen-bond donors (Lipinski definition) is 0. The summed E-state index contributed by atoms with van der Waals surface area (Å²) in [4.78, 5) is 41.0. The lowest BCUT2D eigenvalue weighted by atomic mass is 9.76. The molecule has 0 aromatic heterocycles. The molecule has 1 fully saturated rings. The molecule has 0 bridgehead atoms. The van der Waals surface area contributed by atoms with E-state index >= 15 is 0 Å². The van der Waals surface area contributed by atoms with E-state index in [-0.39, 0.29) is 18.6 Å². The summed E-state index contributed by atoms with van der Waals surface area (Å²) in [5.41, 5.74) is 0.415. The van der Waals surface area contributed by atoms with E-state index in [2.05, 4.69) is 9.89 Å². The molecule has 0 spiro atoms. The van der Waals surface area contributed by atoms with Gasteiger partial charge in [-0.2, -0.15) is 0 Å². The van der Waals surface area contributed by atoms with Crippen molar-refractivity contribution in [1.29, 1.82) is 0 Å². The number of ether oxygens (including phenoxy) is 1. The first-order valence-corrected chi connectivity index (χ1v) is 6.89. The fourth-order valence-corrected chi connectivity index (χ4v) is 2.31. The highest BCUT2D eigenvalue weighted by atomic mass is 16.6. The third kappa shape index (κ3) is 3.65. The van der Waals surface area contributed by atoms with Crippen LogP contribution >= 0.6 is 0 Å². The predicted molar refractivity (Wildman–Crippen MR) is 72.2 cm³/mol. The molecule has 1 aliphatic carbocycles. The number of Topliss-reactive ketones (excluding diaryl/α,β-unsaturated/α-hetero) is 2. The summed E-state index contributed by atoms with van der Waals surface area (Å²) in [6, 6.07) is 0. The Kier molecular flexibility index (Phi) is 6.35. The topological polar surface area (TPSA) is 82.0 Å². The largest absolute Gasteiger partial charge is 0.468 e. The second kappa shape index (κ2) is 7.77. The first-order chi connectivity index (χ1) is 9.56. The van der Waals surface area contributed by atoms with Gasteiger partial charge in [0, 0.05) is 6.42 Å². The molecule has 112 valence electrons. The molecular weight excluding hydrogens is 262 g/mol. The summed E-state index contributed by atoms with van der Waals surface area (Å²) in [5.74, 6) is -3.02. The van der Waals surface area contributed by atoms with Crippen molar-refractivity contribution in [2.75, 3.05) is 13.7 Å². The Morgan fingerprint density at radius 1 is 1.35 bits per heavy atom. The zero-order valence-corrected chi connectivity index (χ0v) is 12.2. The summed E-state index contributed by atoms with van der Waals surface area (Å²) in [6.45, 7) is 4.06. The van der Waals surface area contributed by atoms with E-state index in [1.807, 2.05) is 6.92 Å². The van der Waals surface area contributed by atoms with Crippen molar-refractivity contribution in [2.45, 2.75) is 39.5 Å². The van der Waals surface area contributed by atoms with Crippen LogP contribution < -0.4 is 0 Å². The van der Waals surface area contributed by atoms with Crippen molar-refractivity contribution in [3.8, 4) is 0 Å². The number of rotatable bonds is 6. The molecule has 1 rings (SSSR count). The van der Waals surface area contributed by atoms with Gasteiger partial charge in [0.25, 0.3) is 0 Å². The van der Waals surface area contributed by atoms with Gasteiger partial charge in [-0.3, -0.25) is 14.4 Å². The van der Waals surface area contributed by atoms with Crippen molar-refractivity contribution in [1.82, 2.24) is 0 Å². The van der Waals surface area contributed by atoms with E-state index in [1.54, 1.807) is 6.92 Å². The Morgan fingerprint density at radius 2 is 2.05 bits per heavy atom. The molecule has 0 aromatic rings. The van der Waals surface area contributed by atoms with Crippen molar-refractivity contribution in [2.24, 2.45) is 17.0 Å². The predicted octanol–water partition coefficient (Wildman–Crippen LogP) is 1.52. The maximum absolute atomic E-state index is 12.4. The molecule has 1 saturated carbocycles. The molecule has 0 N–H and O–H groups in total. The van der Waals surface area contributed by atoms with Gasteiger partial charge in [0.15, 0.2) is 5.78 Å². The van der Waals surface area contributed by atoms with E-state index in [1.165, 1.54) is 7.11 Å². The Hall–Kier alpha value is -1.72. The quantitative estimate of drug-likeness (QED) is 0.319. The van der Waals surface area contributed by atoms with E-state index in [0.29, 0.717) is 18.7 Å².